The highest BCUT2D eigenvalue weighted by Crippen LogP contribution is 2.32. The van der Waals surface area contributed by atoms with Gasteiger partial charge in [-0.2, -0.15) is 11.8 Å². The molecule has 1 aliphatic carbocycles. The fourth-order valence-corrected chi connectivity index (χ4v) is 3.72. The maximum Gasteiger partial charge on any atom is 0.00776 e. The first-order valence-electron chi connectivity index (χ1n) is 6.65. The molecule has 0 radical (unpaired) electrons. The van der Waals surface area contributed by atoms with Crippen LogP contribution in [0.25, 0.3) is 0 Å². The lowest BCUT2D eigenvalue weighted by atomic mass is 9.95. The van der Waals surface area contributed by atoms with E-state index in [4.69, 9.17) is 0 Å². The van der Waals surface area contributed by atoms with Crippen molar-refractivity contribution in [1.82, 2.24) is 5.32 Å². The molecule has 1 nitrogen and oxygen atoms in total. The van der Waals surface area contributed by atoms with E-state index in [1.54, 1.807) is 0 Å². The van der Waals surface area contributed by atoms with Crippen molar-refractivity contribution in [1.29, 1.82) is 0 Å². The third kappa shape index (κ3) is 5.26. The highest BCUT2D eigenvalue weighted by Gasteiger charge is 2.22. The van der Waals surface area contributed by atoms with Gasteiger partial charge in [-0.3, -0.25) is 0 Å². The van der Waals surface area contributed by atoms with Crippen molar-refractivity contribution >= 4 is 11.8 Å². The van der Waals surface area contributed by atoms with Crippen LogP contribution < -0.4 is 5.32 Å². The van der Waals surface area contributed by atoms with Gasteiger partial charge in [0.1, 0.15) is 0 Å². The van der Waals surface area contributed by atoms with Crippen LogP contribution in [-0.4, -0.2) is 23.1 Å². The summed E-state index contributed by atoms with van der Waals surface area (Å²) in [5.41, 5.74) is 0. The summed E-state index contributed by atoms with van der Waals surface area (Å²) in [6.07, 6.45) is 8.25. The van der Waals surface area contributed by atoms with Gasteiger partial charge in [0.15, 0.2) is 0 Å². The van der Waals surface area contributed by atoms with E-state index < -0.39 is 0 Å². The Morgan fingerprint density at radius 1 is 1.33 bits per heavy atom. The molecule has 1 rings (SSSR count). The molecule has 0 bridgehead atoms. The molecule has 2 heteroatoms. The summed E-state index contributed by atoms with van der Waals surface area (Å²) in [6, 6.07) is 0.806. The van der Waals surface area contributed by atoms with Crippen LogP contribution >= 0.6 is 11.8 Å². The number of hydrogen-bond acceptors (Lipinski definition) is 2. The van der Waals surface area contributed by atoms with Gasteiger partial charge in [-0.25, -0.2) is 0 Å². The lowest BCUT2D eigenvalue weighted by Crippen LogP contribution is -2.35. The molecule has 0 aromatic rings. The average Bonchev–Trinajstić information content (AvgIpc) is 2.26. The van der Waals surface area contributed by atoms with Gasteiger partial charge in [0.25, 0.3) is 0 Å². The molecule has 1 saturated carbocycles. The zero-order valence-electron chi connectivity index (χ0n) is 10.6. The minimum Gasteiger partial charge on any atom is -0.314 e. The van der Waals surface area contributed by atoms with Crippen LogP contribution in [0.4, 0.5) is 0 Å². The molecule has 0 amide bonds. The van der Waals surface area contributed by atoms with Gasteiger partial charge in [-0.1, -0.05) is 27.2 Å². The van der Waals surface area contributed by atoms with Crippen LogP contribution in [0.15, 0.2) is 0 Å². The molecule has 0 aromatic carbocycles. The molecule has 0 heterocycles. The van der Waals surface area contributed by atoms with Crippen LogP contribution in [0.2, 0.25) is 0 Å². The van der Waals surface area contributed by atoms with E-state index in [0.717, 1.165) is 16.5 Å². The van der Waals surface area contributed by atoms with Crippen molar-refractivity contribution in [3.8, 4) is 0 Å². The quantitative estimate of drug-likeness (QED) is 0.743. The van der Waals surface area contributed by atoms with Crippen LogP contribution in [-0.2, 0) is 0 Å². The van der Waals surface area contributed by atoms with Crippen molar-refractivity contribution in [2.24, 2.45) is 0 Å². The van der Waals surface area contributed by atoms with Crippen molar-refractivity contribution in [3.63, 3.8) is 0 Å². The minimum atomic E-state index is 0.806. The summed E-state index contributed by atoms with van der Waals surface area (Å²) < 4.78 is 0. The lowest BCUT2D eigenvalue weighted by molar-refractivity contribution is 0.381. The predicted octanol–water partition coefficient (Wildman–Crippen LogP) is 3.83. The Hall–Kier alpha value is 0.310. The van der Waals surface area contributed by atoms with Crippen molar-refractivity contribution in [3.05, 3.63) is 0 Å². The summed E-state index contributed by atoms with van der Waals surface area (Å²) in [4.78, 5) is 0. The second-order valence-electron chi connectivity index (χ2n) is 4.79. The molecule has 1 fully saturated rings. The van der Waals surface area contributed by atoms with E-state index in [1.165, 1.54) is 45.1 Å². The Morgan fingerprint density at radius 3 is 2.80 bits per heavy atom. The van der Waals surface area contributed by atoms with Crippen molar-refractivity contribution in [2.75, 3.05) is 6.54 Å². The molecule has 1 aliphatic rings. The van der Waals surface area contributed by atoms with Gasteiger partial charge in [0.05, 0.1) is 0 Å². The summed E-state index contributed by atoms with van der Waals surface area (Å²) in [7, 11) is 0. The lowest BCUT2D eigenvalue weighted by Gasteiger charge is -2.30. The van der Waals surface area contributed by atoms with Crippen molar-refractivity contribution < 1.29 is 0 Å². The second kappa shape index (κ2) is 7.56. The molecule has 3 atom stereocenters. The summed E-state index contributed by atoms with van der Waals surface area (Å²) in [6.45, 7) is 8.12. The number of rotatable bonds is 6. The molecular weight excluding hydrogens is 202 g/mol. The molecule has 15 heavy (non-hydrogen) atoms. The Labute approximate surface area is 99.8 Å². The fourth-order valence-electron chi connectivity index (χ4n) is 2.23. The van der Waals surface area contributed by atoms with E-state index in [0.29, 0.717) is 0 Å². The van der Waals surface area contributed by atoms with Gasteiger partial charge in [0.2, 0.25) is 0 Å². The van der Waals surface area contributed by atoms with E-state index in [9.17, 15) is 0 Å². The van der Waals surface area contributed by atoms with Crippen LogP contribution in [0, 0.1) is 0 Å². The van der Waals surface area contributed by atoms with E-state index >= 15 is 0 Å². The Balaban J connectivity index is 2.22. The zero-order chi connectivity index (χ0) is 11.1. The predicted molar refractivity (Wildman–Crippen MR) is 71.7 cm³/mol. The minimum absolute atomic E-state index is 0.806. The molecule has 0 saturated heterocycles. The topological polar surface area (TPSA) is 12.0 Å². The van der Waals surface area contributed by atoms with Crippen LogP contribution in [0.3, 0.4) is 0 Å². The zero-order valence-corrected chi connectivity index (χ0v) is 11.4. The molecule has 3 unspecified atom stereocenters. The second-order valence-corrected chi connectivity index (χ2v) is 6.54. The highest BCUT2D eigenvalue weighted by molar-refractivity contribution is 8.00. The van der Waals surface area contributed by atoms with Gasteiger partial charge in [-0.05, 0) is 38.6 Å². The number of hydrogen-bond donors (Lipinski definition) is 1. The first-order chi connectivity index (χ1) is 7.26. The van der Waals surface area contributed by atoms with Gasteiger partial charge in [-0.15, -0.1) is 0 Å². The third-order valence-corrected chi connectivity index (χ3v) is 4.92. The summed E-state index contributed by atoms with van der Waals surface area (Å²) in [5, 5.41) is 5.45. The van der Waals surface area contributed by atoms with Gasteiger partial charge >= 0.3 is 0 Å². The standard InChI is InChI=1S/C13H27NS/c1-4-9-14-12-7-6-8-13(10-12)15-11(3)5-2/h11-14H,4-10H2,1-3H3. The van der Waals surface area contributed by atoms with E-state index in [1.807, 2.05) is 0 Å². The van der Waals surface area contributed by atoms with Crippen LogP contribution in [0.5, 0.6) is 0 Å². The molecule has 0 aromatic heterocycles. The van der Waals surface area contributed by atoms with Crippen molar-refractivity contribution in [2.45, 2.75) is 75.8 Å². The largest absolute Gasteiger partial charge is 0.314 e. The fraction of sp³-hybridized carbons (Fsp3) is 1.00. The molecule has 90 valence electrons. The van der Waals surface area contributed by atoms with E-state index in [-0.39, 0.29) is 0 Å². The van der Waals surface area contributed by atoms with E-state index in [2.05, 4.69) is 37.8 Å². The van der Waals surface area contributed by atoms with Crippen LogP contribution in [0.1, 0.15) is 59.3 Å². The maximum atomic E-state index is 3.68. The third-order valence-electron chi connectivity index (χ3n) is 3.31. The average molecular weight is 229 g/mol. The smallest absolute Gasteiger partial charge is 0.00776 e. The Bertz CT molecular complexity index is 161. The molecular formula is C13H27NS. The first kappa shape index (κ1) is 13.4. The normalized spacial score (nSPS) is 29.0. The highest BCUT2D eigenvalue weighted by atomic mass is 32.2. The number of thioether (sulfide) groups is 1. The summed E-state index contributed by atoms with van der Waals surface area (Å²) >= 11 is 2.22. The molecule has 0 aliphatic heterocycles. The van der Waals surface area contributed by atoms with Gasteiger partial charge < -0.3 is 5.32 Å². The summed E-state index contributed by atoms with van der Waals surface area (Å²) in [5.74, 6) is 0. The Morgan fingerprint density at radius 2 is 2.13 bits per heavy atom. The molecule has 0 spiro atoms. The SMILES string of the molecule is CCCNC1CCCC(SC(C)CC)C1. The molecule has 1 N–H and O–H groups in total. The Kier molecular flexibility index (Phi) is 6.74. The van der Waals surface area contributed by atoms with Gasteiger partial charge in [0, 0.05) is 16.5 Å². The maximum absolute atomic E-state index is 3.68. The monoisotopic (exact) mass is 229 g/mol. The number of nitrogens with one attached hydrogen (secondary N) is 1. The first-order valence-corrected chi connectivity index (χ1v) is 7.59.